The third kappa shape index (κ3) is 3.27. The van der Waals surface area contributed by atoms with Crippen molar-refractivity contribution in [1.82, 2.24) is 0 Å². The van der Waals surface area contributed by atoms with Crippen molar-refractivity contribution in [3.8, 4) is 0 Å². The summed E-state index contributed by atoms with van der Waals surface area (Å²) in [5.41, 5.74) is 1.66. The Morgan fingerprint density at radius 2 is 1.93 bits per heavy atom. The minimum Gasteiger partial charge on any atom is -0.478 e. The number of aliphatic carboxylic acids is 1. The van der Waals surface area contributed by atoms with Gasteiger partial charge in [-0.15, -0.1) is 0 Å². The molecule has 0 unspecified atom stereocenters. The van der Waals surface area contributed by atoms with Crippen LogP contribution < -0.4 is 0 Å². The molecule has 1 aromatic rings. The highest BCUT2D eigenvalue weighted by molar-refractivity contribution is 9.10. The van der Waals surface area contributed by atoms with Gasteiger partial charge in [0.2, 0.25) is 0 Å². The summed E-state index contributed by atoms with van der Waals surface area (Å²) < 4.78 is 0.977. The third-order valence-electron chi connectivity index (χ3n) is 1.66. The van der Waals surface area contributed by atoms with E-state index in [1.165, 1.54) is 6.08 Å². The van der Waals surface area contributed by atoms with Gasteiger partial charge in [0.1, 0.15) is 0 Å². The fraction of sp³-hybridized carbons (Fsp3) is 0.100. The first-order valence-electron chi connectivity index (χ1n) is 3.89. The summed E-state index contributed by atoms with van der Waals surface area (Å²) in [4.78, 5) is 10.5. The van der Waals surface area contributed by atoms with Crippen molar-refractivity contribution < 1.29 is 9.90 Å². The van der Waals surface area contributed by atoms with E-state index in [9.17, 15) is 4.79 Å². The van der Waals surface area contributed by atoms with E-state index in [1.807, 2.05) is 24.3 Å². The van der Waals surface area contributed by atoms with Crippen LogP contribution >= 0.6 is 31.9 Å². The zero-order chi connectivity index (χ0) is 10.6. The maximum atomic E-state index is 10.5. The predicted molar refractivity (Wildman–Crippen MR) is 63.5 cm³/mol. The zero-order valence-electron chi connectivity index (χ0n) is 7.21. The molecule has 0 bridgehead atoms. The molecule has 0 atom stereocenters. The van der Waals surface area contributed by atoms with Gasteiger partial charge in [0.15, 0.2) is 0 Å². The Labute approximate surface area is 98.9 Å². The lowest BCUT2D eigenvalue weighted by Crippen LogP contribution is -1.93. The molecule has 0 saturated carbocycles. The van der Waals surface area contributed by atoms with Crippen LogP contribution in [0.25, 0.3) is 5.57 Å². The molecule has 1 aromatic carbocycles. The lowest BCUT2D eigenvalue weighted by Gasteiger charge is -2.02. The van der Waals surface area contributed by atoms with E-state index in [4.69, 9.17) is 5.11 Å². The van der Waals surface area contributed by atoms with Crippen LogP contribution in [0.2, 0.25) is 0 Å². The Balaban J connectivity index is 3.01. The molecular weight excluding hydrogens is 312 g/mol. The van der Waals surface area contributed by atoms with Crippen LogP contribution in [0.4, 0.5) is 0 Å². The van der Waals surface area contributed by atoms with Crippen molar-refractivity contribution >= 4 is 43.4 Å². The summed E-state index contributed by atoms with van der Waals surface area (Å²) in [6, 6.07) is 7.52. The number of carbonyl (C=O) groups is 1. The molecule has 0 heterocycles. The van der Waals surface area contributed by atoms with Gasteiger partial charge in [-0.05, 0) is 23.3 Å². The zero-order valence-corrected chi connectivity index (χ0v) is 10.4. The lowest BCUT2D eigenvalue weighted by atomic mass is 10.1. The number of hydrogen-bond acceptors (Lipinski definition) is 1. The topological polar surface area (TPSA) is 37.3 Å². The average Bonchev–Trinajstić information content (AvgIpc) is 2.15. The van der Waals surface area contributed by atoms with Gasteiger partial charge in [0.25, 0.3) is 0 Å². The van der Waals surface area contributed by atoms with E-state index in [-0.39, 0.29) is 0 Å². The largest absolute Gasteiger partial charge is 0.478 e. The van der Waals surface area contributed by atoms with Gasteiger partial charge >= 0.3 is 5.97 Å². The van der Waals surface area contributed by atoms with E-state index in [0.29, 0.717) is 5.33 Å². The number of hydrogen-bond donors (Lipinski definition) is 1. The predicted octanol–water partition coefficient (Wildman–Crippen LogP) is 3.31. The smallest absolute Gasteiger partial charge is 0.328 e. The Morgan fingerprint density at radius 1 is 1.36 bits per heavy atom. The highest BCUT2D eigenvalue weighted by atomic mass is 79.9. The van der Waals surface area contributed by atoms with Gasteiger partial charge < -0.3 is 5.11 Å². The monoisotopic (exact) mass is 318 g/mol. The van der Waals surface area contributed by atoms with Gasteiger partial charge in [0, 0.05) is 15.9 Å². The van der Waals surface area contributed by atoms with Crippen LogP contribution in [0.3, 0.4) is 0 Å². The number of halogens is 2. The quantitative estimate of drug-likeness (QED) is 0.685. The minimum atomic E-state index is -0.928. The first-order valence-corrected chi connectivity index (χ1v) is 5.80. The molecule has 4 heteroatoms. The van der Waals surface area contributed by atoms with Crippen molar-refractivity contribution in [2.75, 3.05) is 5.33 Å². The van der Waals surface area contributed by atoms with Gasteiger partial charge in [-0.1, -0.05) is 44.0 Å². The van der Waals surface area contributed by atoms with E-state index in [2.05, 4.69) is 31.9 Å². The second kappa shape index (κ2) is 5.32. The molecule has 0 fully saturated rings. The van der Waals surface area contributed by atoms with Crippen LogP contribution in [0.15, 0.2) is 34.8 Å². The summed E-state index contributed by atoms with van der Waals surface area (Å²) >= 11 is 6.58. The SMILES string of the molecule is O=C(O)/C=C(/CBr)c1ccc(Br)cc1. The van der Waals surface area contributed by atoms with Crippen molar-refractivity contribution in [2.24, 2.45) is 0 Å². The summed E-state index contributed by atoms with van der Waals surface area (Å²) in [7, 11) is 0. The fourth-order valence-electron chi connectivity index (χ4n) is 1.01. The maximum Gasteiger partial charge on any atom is 0.328 e. The lowest BCUT2D eigenvalue weighted by molar-refractivity contribution is -0.131. The molecule has 1 N–H and O–H groups in total. The highest BCUT2D eigenvalue weighted by Gasteiger charge is 2.02. The molecule has 0 amide bonds. The maximum absolute atomic E-state index is 10.5. The van der Waals surface area contributed by atoms with E-state index >= 15 is 0 Å². The molecule has 0 radical (unpaired) electrons. The first-order chi connectivity index (χ1) is 6.63. The molecule has 1 rings (SSSR count). The molecule has 0 aliphatic carbocycles. The molecule has 14 heavy (non-hydrogen) atoms. The minimum absolute atomic E-state index is 0.529. The number of benzene rings is 1. The Morgan fingerprint density at radius 3 is 2.36 bits per heavy atom. The second-order valence-electron chi connectivity index (χ2n) is 2.65. The van der Waals surface area contributed by atoms with E-state index in [0.717, 1.165) is 15.6 Å². The summed E-state index contributed by atoms with van der Waals surface area (Å²) in [5.74, 6) is -0.928. The summed E-state index contributed by atoms with van der Waals surface area (Å²) in [5, 5.41) is 9.15. The highest BCUT2D eigenvalue weighted by Crippen LogP contribution is 2.19. The number of allylic oxidation sites excluding steroid dienone is 1. The van der Waals surface area contributed by atoms with Crippen molar-refractivity contribution in [1.29, 1.82) is 0 Å². The Hall–Kier alpha value is -0.610. The molecule has 0 saturated heterocycles. The number of carboxylic acid groups (broad SMARTS) is 1. The van der Waals surface area contributed by atoms with Gasteiger partial charge in [-0.25, -0.2) is 4.79 Å². The Bertz CT molecular complexity index is 355. The molecule has 0 spiro atoms. The van der Waals surface area contributed by atoms with Crippen molar-refractivity contribution in [2.45, 2.75) is 0 Å². The molecular formula is C10H8Br2O2. The van der Waals surface area contributed by atoms with Crippen LogP contribution in [0.5, 0.6) is 0 Å². The summed E-state index contributed by atoms with van der Waals surface area (Å²) in [6.45, 7) is 0. The molecule has 0 aliphatic heterocycles. The van der Waals surface area contributed by atoms with E-state index in [1.54, 1.807) is 0 Å². The standard InChI is InChI=1S/C10H8Br2O2/c11-6-8(5-10(13)14)7-1-3-9(12)4-2-7/h1-5H,6H2,(H,13,14)/b8-5-. The number of alkyl halides is 1. The number of rotatable bonds is 3. The first kappa shape index (κ1) is 11.5. The molecule has 0 aliphatic rings. The van der Waals surface area contributed by atoms with Gasteiger partial charge in [-0.3, -0.25) is 0 Å². The molecule has 2 nitrogen and oxygen atoms in total. The molecule has 74 valence electrons. The normalized spacial score (nSPS) is 11.4. The van der Waals surface area contributed by atoms with Crippen molar-refractivity contribution in [3.05, 3.63) is 40.4 Å². The average molecular weight is 320 g/mol. The van der Waals surface area contributed by atoms with Crippen LogP contribution in [0, 0.1) is 0 Å². The van der Waals surface area contributed by atoms with Crippen molar-refractivity contribution in [3.63, 3.8) is 0 Å². The number of carboxylic acids is 1. The van der Waals surface area contributed by atoms with E-state index < -0.39 is 5.97 Å². The Kier molecular flexibility index (Phi) is 4.35. The third-order valence-corrected chi connectivity index (χ3v) is 2.79. The van der Waals surface area contributed by atoms with Gasteiger partial charge in [-0.2, -0.15) is 0 Å². The van der Waals surface area contributed by atoms with Crippen LogP contribution in [-0.4, -0.2) is 16.4 Å². The van der Waals surface area contributed by atoms with Crippen LogP contribution in [0.1, 0.15) is 5.56 Å². The van der Waals surface area contributed by atoms with Crippen LogP contribution in [-0.2, 0) is 4.79 Å². The molecule has 0 aromatic heterocycles. The van der Waals surface area contributed by atoms with Gasteiger partial charge in [0.05, 0.1) is 0 Å². The second-order valence-corrected chi connectivity index (χ2v) is 4.12. The fourth-order valence-corrected chi connectivity index (χ4v) is 1.76. The summed E-state index contributed by atoms with van der Waals surface area (Å²) in [6.07, 6.45) is 1.21.